The minimum absolute atomic E-state index is 0.0547. The van der Waals surface area contributed by atoms with Gasteiger partial charge < -0.3 is 5.11 Å². The molecule has 0 radical (unpaired) electrons. The predicted molar refractivity (Wildman–Crippen MR) is 92.5 cm³/mol. The van der Waals surface area contributed by atoms with Crippen LogP contribution < -0.4 is 0 Å². The molecular weight excluding hydrogens is 346 g/mol. The molecule has 5 rings (SSSR count). The maximum absolute atomic E-state index is 12.3. The minimum Gasteiger partial charge on any atom is -0.477 e. The Morgan fingerprint density at radius 1 is 1.33 bits per heavy atom. The number of β-lactam (4-membered cyclic amide) rings is 1. The highest BCUT2D eigenvalue weighted by molar-refractivity contribution is 8.03. The highest BCUT2D eigenvalue weighted by Gasteiger charge is 2.49. The number of carbonyl (C=O) groups is 2. The van der Waals surface area contributed by atoms with Crippen LogP contribution in [0, 0.1) is 0 Å². The van der Waals surface area contributed by atoms with E-state index in [1.165, 1.54) is 33.4 Å². The average Bonchev–Trinajstić information content (AvgIpc) is 3.22. The lowest BCUT2D eigenvalue weighted by molar-refractivity contribution is -0.141. The maximum Gasteiger partial charge on any atom is 0.353 e. The number of amides is 1. The van der Waals surface area contributed by atoms with Crippen molar-refractivity contribution in [1.82, 2.24) is 14.3 Å². The summed E-state index contributed by atoms with van der Waals surface area (Å²) in [5, 5.41) is 10.4. The van der Waals surface area contributed by atoms with E-state index in [4.69, 9.17) is 5.11 Å². The summed E-state index contributed by atoms with van der Waals surface area (Å²) < 4.78 is 2.01. The number of aromatic nitrogens is 2. The molecule has 1 aromatic carbocycles. The average molecular weight is 355 g/mol. The fourth-order valence-corrected chi connectivity index (χ4v) is 5.03. The van der Waals surface area contributed by atoms with Crippen molar-refractivity contribution in [2.24, 2.45) is 0 Å². The van der Waals surface area contributed by atoms with Gasteiger partial charge in [-0.3, -0.25) is 14.1 Å². The molecular formula is C16H9N3O3S2. The molecule has 3 aromatic rings. The number of aliphatic carboxylic acids is 1. The first kappa shape index (κ1) is 13.8. The molecule has 0 aliphatic carbocycles. The number of carboxylic acid groups (broad SMARTS) is 1. The first-order valence-corrected chi connectivity index (χ1v) is 8.90. The first-order chi connectivity index (χ1) is 11.6. The number of hydrogen-bond acceptors (Lipinski definition) is 5. The van der Waals surface area contributed by atoms with E-state index in [0.29, 0.717) is 5.57 Å². The number of nitrogens with zero attached hydrogens (tertiary/aromatic N) is 3. The summed E-state index contributed by atoms with van der Waals surface area (Å²) in [4.78, 5) is 31.0. The van der Waals surface area contributed by atoms with E-state index in [1.54, 1.807) is 0 Å². The predicted octanol–water partition coefficient (Wildman–Crippen LogP) is 2.77. The molecule has 1 amide bonds. The van der Waals surface area contributed by atoms with E-state index < -0.39 is 5.97 Å². The Morgan fingerprint density at radius 2 is 2.17 bits per heavy atom. The van der Waals surface area contributed by atoms with Crippen molar-refractivity contribution in [3.05, 3.63) is 52.0 Å². The molecule has 1 saturated heterocycles. The molecule has 24 heavy (non-hydrogen) atoms. The summed E-state index contributed by atoms with van der Waals surface area (Å²) in [7, 11) is 0. The van der Waals surface area contributed by atoms with Crippen LogP contribution in [0.15, 0.2) is 47.1 Å². The summed E-state index contributed by atoms with van der Waals surface area (Å²) in [5.74, 6) is -1.31. The Kier molecular flexibility index (Phi) is 2.71. The van der Waals surface area contributed by atoms with Gasteiger partial charge in [0.15, 0.2) is 4.96 Å². The van der Waals surface area contributed by atoms with Gasteiger partial charge in [-0.15, -0.1) is 11.8 Å². The number of thioether (sulfide) groups is 1. The van der Waals surface area contributed by atoms with Gasteiger partial charge >= 0.3 is 5.97 Å². The number of hydrogen-bond donors (Lipinski definition) is 1. The van der Waals surface area contributed by atoms with Gasteiger partial charge in [0.25, 0.3) is 5.91 Å². The maximum atomic E-state index is 12.3. The monoisotopic (exact) mass is 355 g/mol. The van der Waals surface area contributed by atoms with Crippen LogP contribution in [0.2, 0.25) is 0 Å². The number of fused-ring (bicyclic) bond motifs is 4. The largest absolute Gasteiger partial charge is 0.477 e. The van der Waals surface area contributed by atoms with E-state index in [1.807, 2.05) is 40.9 Å². The number of benzene rings is 1. The number of thiazole rings is 1. The fraction of sp³-hybridized carbons (Fsp3) is 0.0625. The second kappa shape index (κ2) is 4.71. The molecule has 6 nitrogen and oxygen atoms in total. The highest BCUT2D eigenvalue weighted by atomic mass is 32.2. The van der Waals surface area contributed by atoms with Crippen molar-refractivity contribution in [3.8, 4) is 0 Å². The highest BCUT2D eigenvalue weighted by Crippen LogP contribution is 2.45. The van der Waals surface area contributed by atoms with Crippen LogP contribution >= 0.6 is 23.1 Å². The van der Waals surface area contributed by atoms with Crippen molar-refractivity contribution in [1.29, 1.82) is 0 Å². The van der Waals surface area contributed by atoms with Crippen LogP contribution in [0.1, 0.15) is 4.88 Å². The Balaban J connectivity index is 1.52. The lowest BCUT2D eigenvalue weighted by Crippen LogP contribution is -2.51. The molecule has 1 N–H and O–H groups in total. The third kappa shape index (κ3) is 1.75. The summed E-state index contributed by atoms with van der Waals surface area (Å²) >= 11 is 2.85. The Morgan fingerprint density at radius 3 is 3.00 bits per heavy atom. The summed E-state index contributed by atoms with van der Waals surface area (Å²) in [6.07, 6.45) is 3.80. The van der Waals surface area contributed by atoms with Gasteiger partial charge in [-0.25, -0.2) is 9.78 Å². The Bertz CT molecular complexity index is 1110. The van der Waals surface area contributed by atoms with Crippen molar-refractivity contribution in [2.45, 2.75) is 5.37 Å². The van der Waals surface area contributed by atoms with E-state index in [0.717, 1.165) is 20.9 Å². The lowest BCUT2D eigenvalue weighted by atomic mass is 10.0. The van der Waals surface area contributed by atoms with Crippen LogP contribution in [0.4, 0.5) is 0 Å². The SMILES string of the molecule is O=C(O)C1=CSC2C(=Cc3cn4c(nc5ccccc54)s3)C(=O)N12. The quantitative estimate of drug-likeness (QED) is 0.565. The fourth-order valence-electron chi connectivity index (χ4n) is 2.96. The third-order valence-electron chi connectivity index (χ3n) is 4.08. The zero-order valence-corrected chi connectivity index (χ0v) is 13.7. The van der Waals surface area contributed by atoms with Gasteiger partial charge in [-0.2, -0.15) is 0 Å². The molecule has 0 spiro atoms. The van der Waals surface area contributed by atoms with Crippen molar-refractivity contribution in [3.63, 3.8) is 0 Å². The van der Waals surface area contributed by atoms with Crippen LogP contribution in [0.25, 0.3) is 22.1 Å². The Labute approximate surface area is 143 Å². The van der Waals surface area contributed by atoms with Gasteiger partial charge in [0.05, 0.1) is 16.6 Å². The summed E-state index contributed by atoms with van der Waals surface area (Å²) in [5.41, 5.74) is 2.65. The molecule has 8 heteroatoms. The smallest absolute Gasteiger partial charge is 0.353 e. The second-order valence-corrected chi connectivity index (χ2v) is 7.45. The van der Waals surface area contributed by atoms with Crippen LogP contribution in [0.5, 0.6) is 0 Å². The molecule has 1 atom stereocenters. The second-order valence-electron chi connectivity index (χ2n) is 5.46. The minimum atomic E-state index is -1.07. The molecule has 0 saturated carbocycles. The number of carboxylic acids is 1. The number of carbonyl (C=O) groups excluding carboxylic acids is 1. The molecule has 118 valence electrons. The molecule has 2 aliphatic rings. The van der Waals surface area contributed by atoms with Gasteiger partial charge in [-0.1, -0.05) is 23.5 Å². The van der Waals surface area contributed by atoms with Gasteiger partial charge in [0.1, 0.15) is 11.1 Å². The number of para-hydroxylation sites is 2. The van der Waals surface area contributed by atoms with Gasteiger partial charge in [0.2, 0.25) is 0 Å². The number of rotatable bonds is 2. The zero-order valence-electron chi connectivity index (χ0n) is 12.0. The lowest BCUT2D eigenvalue weighted by Gasteiger charge is -2.37. The van der Waals surface area contributed by atoms with Crippen LogP contribution in [0.3, 0.4) is 0 Å². The number of imidazole rings is 1. The van der Waals surface area contributed by atoms with E-state index in [9.17, 15) is 9.59 Å². The molecule has 1 unspecified atom stereocenters. The summed E-state index contributed by atoms with van der Waals surface area (Å²) in [6.45, 7) is 0. The third-order valence-corrected chi connectivity index (χ3v) is 6.09. The first-order valence-electron chi connectivity index (χ1n) is 7.14. The van der Waals surface area contributed by atoms with Crippen molar-refractivity contribution < 1.29 is 14.7 Å². The zero-order chi connectivity index (χ0) is 16.4. The molecule has 2 aliphatic heterocycles. The van der Waals surface area contributed by atoms with Crippen molar-refractivity contribution in [2.75, 3.05) is 0 Å². The standard InChI is InChI=1S/C16H9N3O3S2/c20-13-9(14-19(13)12(7-23-14)15(21)22)5-8-6-18-11-4-2-1-3-10(11)17-16(18)24-8/h1-7,14H,(H,21,22). The van der Waals surface area contributed by atoms with Crippen LogP contribution in [-0.2, 0) is 9.59 Å². The molecule has 0 bridgehead atoms. The topological polar surface area (TPSA) is 74.9 Å². The molecule has 1 fully saturated rings. The van der Waals surface area contributed by atoms with E-state index >= 15 is 0 Å². The molecule has 2 aromatic heterocycles. The van der Waals surface area contributed by atoms with E-state index in [-0.39, 0.29) is 17.0 Å². The Hall–Kier alpha value is -2.58. The van der Waals surface area contributed by atoms with Crippen molar-refractivity contribution >= 4 is 57.0 Å². The van der Waals surface area contributed by atoms with Gasteiger partial charge in [0, 0.05) is 16.5 Å². The summed E-state index contributed by atoms with van der Waals surface area (Å²) in [6, 6.07) is 7.89. The molecule has 4 heterocycles. The van der Waals surface area contributed by atoms with Crippen LogP contribution in [-0.4, -0.2) is 36.6 Å². The normalized spacial score (nSPS) is 21.4. The van der Waals surface area contributed by atoms with E-state index in [2.05, 4.69) is 4.98 Å². The van der Waals surface area contributed by atoms with Gasteiger partial charge in [-0.05, 0) is 18.2 Å².